The van der Waals surface area contributed by atoms with E-state index >= 15 is 0 Å². The number of carboxylic acids is 2. The summed E-state index contributed by atoms with van der Waals surface area (Å²) in [5, 5.41) is 17.6. The van der Waals surface area contributed by atoms with Gasteiger partial charge in [0.1, 0.15) is 0 Å². The maximum Gasteiger partial charge on any atom is 0.331 e. The summed E-state index contributed by atoms with van der Waals surface area (Å²) in [5.74, 6) is -2.75. The van der Waals surface area contributed by atoms with Crippen LogP contribution in [0.2, 0.25) is 0 Å². The second kappa shape index (κ2) is 4.03. The number of halogens is 2. The van der Waals surface area contributed by atoms with Crippen LogP contribution in [-0.4, -0.2) is 28.6 Å². The van der Waals surface area contributed by atoms with Crippen LogP contribution in [0.25, 0.3) is 0 Å². The van der Waals surface area contributed by atoms with E-state index < -0.39 is 35.8 Å². The monoisotopic (exact) mass is 232 g/mol. The number of carboxylic acid groups (broad SMARTS) is 2. The summed E-state index contributed by atoms with van der Waals surface area (Å²) < 4.78 is 25.2. The van der Waals surface area contributed by atoms with Gasteiger partial charge in [0, 0.05) is 11.1 Å². The molecule has 1 aliphatic carbocycles. The standard InChI is InChI=1S/C10H10F2O4/c1-10(9(15)16)4-5(8(13)14)2-3-6(10)7(11)12/h2-3,7H,4H2,1H3,(H,13,14)(H,15,16). The molecule has 1 rings (SSSR count). The van der Waals surface area contributed by atoms with Crippen LogP contribution < -0.4 is 0 Å². The van der Waals surface area contributed by atoms with E-state index in [4.69, 9.17) is 10.2 Å². The van der Waals surface area contributed by atoms with E-state index in [1.54, 1.807) is 0 Å². The van der Waals surface area contributed by atoms with Crippen molar-refractivity contribution in [3.63, 3.8) is 0 Å². The fraction of sp³-hybridized carbons (Fsp3) is 0.400. The Bertz CT molecular complexity index is 398. The van der Waals surface area contributed by atoms with Crippen molar-refractivity contribution in [2.45, 2.75) is 19.8 Å². The van der Waals surface area contributed by atoms with Crippen molar-refractivity contribution in [2.24, 2.45) is 5.41 Å². The van der Waals surface area contributed by atoms with Gasteiger partial charge in [-0.2, -0.15) is 0 Å². The number of hydrogen-bond donors (Lipinski definition) is 2. The highest BCUT2D eigenvalue weighted by atomic mass is 19.3. The molecule has 0 amide bonds. The average Bonchev–Trinajstić information content (AvgIpc) is 2.16. The fourth-order valence-corrected chi connectivity index (χ4v) is 1.58. The van der Waals surface area contributed by atoms with E-state index in [2.05, 4.69) is 0 Å². The van der Waals surface area contributed by atoms with Gasteiger partial charge in [-0.05, 0) is 13.3 Å². The van der Waals surface area contributed by atoms with Crippen molar-refractivity contribution in [1.82, 2.24) is 0 Å². The molecule has 1 aliphatic rings. The van der Waals surface area contributed by atoms with E-state index in [1.807, 2.05) is 0 Å². The first-order valence-corrected chi connectivity index (χ1v) is 4.45. The average molecular weight is 232 g/mol. The smallest absolute Gasteiger partial charge is 0.331 e. The first kappa shape index (κ1) is 12.4. The van der Waals surface area contributed by atoms with Crippen LogP contribution >= 0.6 is 0 Å². The van der Waals surface area contributed by atoms with E-state index in [9.17, 15) is 18.4 Å². The quantitative estimate of drug-likeness (QED) is 0.776. The normalized spacial score (nSPS) is 25.0. The van der Waals surface area contributed by atoms with Crippen molar-refractivity contribution in [1.29, 1.82) is 0 Å². The van der Waals surface area contributed by atoms with Crippen LogP contribution in [-0.2, 0) is 9.59 Å². The maximum absolute atomic E-state index is 12.6. The molecule has 1 unspecified atom stereocenters. The lowest BCUT2D eigenvalue weighted by molar-refractivity contribution is -0.146. The predicted octanol–water partition coefficient (Wildman–Crippen LogP) is 1.68. The summed E-state index contributed by atoms with van der Waals surface area (Å²) in [5.41, 5.74) is -2.60. The van der Waals surface area contributed by atoms with Gasteiger partial charge in [-0.25, -0.2) is 13.6 Å². The summed E-state index contributed by atoms with van der Waals surface area (Å²) in [6.45, 7) is 1.10. The maximum atomic E-state index is 12.6. The topological polar surface area (TPSA) is 74.6 Å². The second-order valence-corrected chi connectivity index (χ2v) is 3.73. The molecule has 0 aliphatic heterocycles. The summed E-state index contributed by atoms with van der Waals surface area (Å²) >= 11 is 0. The molecule has 16 heavy (non-hydrogen) atoms. The number of allylic oxidation sites excluding steroid dienone is 2. The predicted molar refractivity (Wildman–Crippen MR) is 50.2 cm³/mol. The fourth-order valence-electron chi connectivity index (χ4n) is 1.58. The van der Waals surface area contributed by atoms with Gasteiger partial charge in [0.25, 0.3) is 6.43 Å². The number of carbonyl (C=O) groups is 2. The highest BCUT2D eigenvalue weighted by Gasteiger charge is 2.44. The van der Waals surface area contributed by atoms with Crippen molar-refractivity contribution in [2.75, 3.05) is 0 Å². The highest BCUT2D eigenvalue weighted by molar-refractivity contribution is 5.90. The Morgan fingerprint density at radius 3 is 2.31 bits per heavy atom. The van der Waals surface area contributed by atoms with E-state index in [0.717, 1.165) is 19.1 Å². The molecule has 0 spiro atoms. The molecule has 2 N–H and O–H groups in total. The lowest BCUT2D eigenvalue weighted by Gasteiger charge is -2.30. The van der Waals surface area contributed by atoms with Crippen LogP contribution in [0.5, 0.6) is 0 Å². The van der Waals surface area contributed by atoms with Gasteiger partial charge in [0.15, 0.2) is 0 Å². The van der Waals surface area contributed by atoms with Gasteiger partial charge in [-0.15, -0.1) is 0 Å². The number of aliphatic carboxylic acids is 2. The zero-order valence-corrected chi connectivity index (χ0v) is 8.41. The molecule has 6 heteroatoms. The molecule has 4 nitrogen and oxygen atoms in total. The molecular weight excluding hydrogens is 222 g/mol. The Balaban J connectivity index is 3.22. The summed E-state index contributed by atoms with van der Waals surface area (Å²) in [6.07, 6.45) is -1.44. The summed E-state index contributed by atoms with van der Waals surface area (Å²) in [6, 6.07) is 0. The molecule has 0 saturated heterocycles. The van der Waals surface area contributed by atoms with Gasteiger partial charge >= 0.3 is 11.9 Å². The molecule has 0 bridgehead atoms. The first-order chi connectivity index (χ1) is 7.29. The minimum atomic E-state index is -2.91. The van der Waals surface area contributed by atoms with E-state index in [0.29, 0.717) is 0 Å². The second-order valence-electron chi connectivity index (χ2n) is 3.73. The molecule has 1 atom stereocenters. The minimum absolute atomic E-state index is 0.186. The van der Waals surface area contributed by atoms with Gasteiger partial charge in [0.2, 0.25) is 0 Å². The van der Waals surface area contributed by atoms with E-state index in [-0.39, 0.29) is 5.57 Å². The Hall–Kier alpha value is -1.72. The number of rotatable bonds is 3. The first-order valence-electron chi connectivity index (χ1n) is 4.45. The van der Waals surface area contributed by atoms with Gasteiger partial charge in [-0.3, -0.25) is 4.79 Å². The molecule has 0 radical (unpaired) electrons. The zero-order chi connectivity index (χ0) is 12.5. The summed E-state index contributed by atoms with van der Waals surface area (Å²) in [7, 11) is 0. The van der Waals surface area contributed by atoms with Gasteiger partial charge < -0.3 is 10.2 Å². The van der Waals surface area contributed by atoms with Crippen molar-refractivity contribution in [3.05, 3.63) is 23.3 Å². The molecule has 0 aromatic heterocycles. The van der Waals surface area contributed by atoms with Crippen LogP contribution in [0.15, 0.2) is 23.3 Å². The lowest BCUT2D eigenvalue weighted by Crippen LogP contribution is -2.35. The van der Waals surface area contributed by atoms with Crippen LogP contribution in [0.4, 0.5) is 8.78 Å². The Labute approximate surface area is 89.9 Å². The van der Waals surface area contributed by atoms with Crippen LogP contribution in [0.3, 0.4) is 0 Å². The van der Waals surface area contributed by atoms with E-state index in [1.165, 1.54) is 0 Å². The molecule has 0 heterocycles. The molecule has 0 fully saturated rings. The summed E-state index contributed by atoms with van der Waals surface area (Å²) in [4.78, 5) is 21.6. The van der Waals surface area contributed by atoms with Gasteiger partial charge in [-0.1, -0.05) is 12.2 Å². The van der Waals surface area contributed by atoms with Crippen LogP contribution in [0, 0.1) is 5.41 Å². The molecule has 0 aromatic rings. The largest absolute Gasteiger partial charge is 0.481 e. The molecule has 88 valence electrons. The number of hydrogen-bond acceptors (Lipinski definition) is 2. The Morgan fingerprint density at radius 2 is 1.94 bits per heavy atom. The molecule has 0 aromatic carbocycles. The Morgan fingerprint density at radius 1 is 1.38 bits per heavy atom. The van der Waals surface area contributed by atoms with Crippen molar-refractivity contribution >= 4 is 11.9 Å². The van der Waals surface area contributed by atoms with Crippen molar-refractivity contribution < 1.29 is 28.6 Å². The van der Waals surface area contributed by atoms with Gasteiger partial charge in [0.05, 0.1) is 5.41 Å². The SMILES string of the molecule is CC1(C(=O)O)CC(C(=O)O)=CC=C1C(F)F. The zero-order valence-electron chi connectivity index (χ0n) is 8.41. The third kappa shape index (κ3) is 1.95. The third-order valence-corrected chi connectivity index (χ3v) is 2.63. The lowest BCUT2D eigenvalue weighted by atomic mass is 9.73. The van der Waals surface area contributed by atoms with Crippen LogP contribution in [0.1, 0.15) is 13.3 Å². The number of alkyl halides is 2. The highest BCUT2D eigenvalue weighted by Crippen LogP contribution is 2.40. The molecule has 0 saturated carbocycles. The van der Waals surface area contributed by atoms with Crippen molar-refractivity contribution in [3.8, 4) is 0 Å². The molecular formula is C10H10F2O4. The minimum Gasteiger partial charge on any atom is -0.481 e. The Kier molecular flexibility index (Phi) is 3.11. The third-order valence-electron chi connectivity index (χ3n) is 2.63.